The maximum absolute atomic E-state index is 11.9. The fourth-order valence-electron chi connectivity index (χ4n) is 2.28. The van der Waals surface area contributed by atoms with Crippen LogP contribution >= 0.6 is 0 Å². The first-order valence-corrected chi connectivity index (χ1v) is 6.65. The van der Waals surface area contributed by atoms with E-state index in [1.54, 1.807) is 18.4 Å². The molecule has 0 unspecified atom stereocenters. The molecule has 0 radical (unpaired) electrons. The van der Waals surface area contributed by atoms with E-state index >= 15 is 0 Å². The minimum Gasteiger partial charge on any atom is -0.469 e. The third-order valence-electron chi connectivity index (χ3n) is 3.40. The minimum absolute atomic E-state index is 0.437. The van der Waals surface area contributed by atoms with Gasteiger partial charge in [0, 0.05) is 12.0 Å². The third-order valence-corrected chi connectivity index (χ3v) is 3.40. The molecule has 0 bridgehead atoms. The summed E-state index contributed by atoms with van der Waals surface area (Å²) in [5, 5.41) is 4.00. The number of aryl methyl sites for hydroxylation is 2. The molecule has 0 fully saturated rings. The van der Waals surface area contributed by atoms with Gasteiger partial charge in [0.2, 0.25) is 0 Å². The van der Waals surface area contributed by atoms with Crippen molar-refractivity contribution in [3.63, 3.8) is 0 Å². The molecule has 0 amide bonds. The van der Waals surface area contributed by atoms with E-state index < -0.39 is 5.97 Å². The van der Waals surface area contributed by atoms with Crippen LogP contribution in [0.15, 0.2) is 46.2 Å². The highest BCUT2D eigenvalue weighted by atomic mass is 16.7. The van der Waals surface area contributed by atoms with Crippen molar-refractivity contribution in [3.05, 3.63) is 59.0 Å². The summed E-state index contributed by atoms with van der Waals surface area (Å²) < 4.78 is 5.37. The van der Waals surface area contributed by atoms with Crippen LogP contribution in [0.1, 0.15) is 40.1 Å². The number of rotatable bonds is 2. The van der Waals surface area contributed by atoms with E-state index in [1.807, 2.05) is 25.1 Å². The van der Waals surface area contributed by atoms with E-state index in [-0.39, 0.29) is 0 Å². The monoisotopic (exact) mass is 269 g/mol. The first-order valence-electron chi connectivity index (χ1n) is 6.65. The normalized spacial score (nSPS) is 15.9. The van der Waals surface area contributed by atoms with E-state index in [1.165, 1.54) is 0 Å². The van der Waals surface area contributed by atoms with Crippen LogP contribution in [-0.2, 0) is 11.3 Å². The lowest BCUT2D eigenvalue weighted by atomic mass is 9.97. The van der Waals surface area contributed by atoms with Crippen LogP contribution in [0.25, 0.3) is 0 Å². The van der Waals surface area contributed by atoms with Crippen molar-refractivity contribution >= 4 is 11.7 Å². The third kappa shape index (κ3) is 2.50. The molecule has 0 atom stereocenters. The Morgan fingerprint density at radius 2 is 2.00 bits per heavy atom. The molecule has 1 heterocycles. The molecule has 102 valence electrons. The maximum Gasteiger partial charge on any atom is 0.365 e. The zero-order chi connectivity index (χ0) is 13.9. The molecule has 0 aliphatic heterocycles. The lowest BCUT2D eigenvalue weighted by molar-refractivity contribution is 0.0515. The summed E-state index contributed by atoms with van der Waals surface area (Å²) in [5.74, 6) is 0.481. The van der Waals surface area contributed by atoms with Crippen molar-refractivity contribution in [1.82, 2.24) is 0 Å². The van der Waals surface area contributed by atoms with Crippen molar-refractivity contribution in [2.24, 2.45) is 5.16 Å². The second-order valence-corrected chi connectivity index (χ2v) is 4.89. The number of benzene rings is 1. The second kappa shape index (κ2) is 5.33. The Hall–Kier alpha value is -2.36. The summed E-state index contributed by atoms with van der Waals surface area (Å²) in [6.45, 7) is 1.97. The number of hydrogen-bond donors (Lipinski definition) is 0. The number of furan rings is 1. The summed E-state index contributed by atoms with van der Waals surface area (Å²) in [6, 6.07) is 9.09. The van der Waals surface area contributed by atoms with E-state index in [0.717, 1.165) is 41.9 Å². The van der Waals surface area contributed by atoms with Crippen LogP contribution < -0.4 is 0 Å². The van der Waals surface area contributed by atoms with Crippen molar-refractivity contribution in [2.45, 2.75) is 26.2 Å². The van der Waals surface area contributed by atoms with Gasteiger partial charge in [-0.15, -0.1) is 0 Å². The highest BCUT2D eigenvalue weighted by Crippen LogP contribution is 2.22. The first kappa shape index (κ1) is 12.7. The molecule has 2 aromatic rings. The van der Waals surface area contributed by atoms with E-state index in [4.69, 9.17) is 9.25 Å². The van der Waals surface area contributed by atoms with Gasteiger partial charge in [0.1, 0.15) is 5.76 Å². The summed E-state index contributed by atoms with van der Waals surface area (Å²) in [5.41, 5.74) is 3.33. The predicted molar refractivity (Wildman–Crippen MR) is 74.8 cm³/mol. The summed E-state index contributed by atoms with van der Waals surface area (Å²) >= 11 is 0. The molecule has 4 heteroatoms. The van der Waals surface area contributed by atoms with E-state index in [9.17, 15) is 4.79 Å². The van der Waals surface area contributed by atoms with Crippen LogP contribution in [0.2, 0.25) is 0 Å². The van der Waals surface area contributed by atoms with Crippen molar-refractivity contribution in [1.29, 1.82) is 0 Å². The largest absolute Gasteiger partial charge is 0.469 e. The number of carbonyl (C=O) groups is 1. The molecule has 0 saturated carbocycles. The van der Waals surface area contributed by atoms with Gasteiger partial charge in [-0.1, -0.05) is 22.9 Å². The van der Waals surface area contributed by atoms with Gasteiger partial charge in [-0.05, 0) is 38.0 Å². The van der Waals surface area contributed by atoms with Crippen LogP contribution in [0.4, 0.5) is 0 Å². The molecule has 1 aliphatic rings. The topological polar surface area (TPSA) is 51.8 Å². The summed E-state index contributed by atoms with van der Waals surface area (Å²) in [7, 11) is 0. The van der Waals surface area contributed by atoms with Gasteiger partial charge in [-0.25, -0.2) is 4.79 Å². The molecule has 4 nitrogen and oxygen atoms in total. The Morgan fingerprint density at radius 3 is 2.80 bits per heavy atom. The quantitative estimate of drug-likeness (QED) is 0.619. The van der Waals surface area contributed by atoms with Gasteiger partial charge in [0.15, 0.2) is 0 Å². The average Bonchev–Trinajstić information content (AvgIpc) is 2.94. The molecule has 1 aromatic carbocycles. The summed E-state index contributed by atoms with van der Waals surface area (Å²) in [4.78, 5) is 16.9. The molecular weight excluding hydrogens is 254 g/mol. The fourth-order valence-corrected chi connectivity index (χ4v) is 2.28. The Balaban J connectivity index is 1.75. The van der Waals surface area contributed by atoms with Gasteiger partial charge in [0.05, 0.1) is 17.5 Å². The Bertz CT molecular complexity index is 653. The molecule has 0 spiro atoms. The smallest absolute Gasteiger partial charge is 0.365 e. The molecule has 0 saturated heterocycles. The predicted octanol–water partition coefficient (Wildman–Crippen LogP) is 3.49. The SMILES string of the molecule is Cc1ccc(C(=O)O/N=C2\CCCc3occc32)cc1. The fraction of sp³-hybridized carbons (Fsp3) is 0.250. The number of hydrogen-bond acceptors (Lipinski definition) is 4. The number of oxime groups is 1. The van der Waals surface area contributed by atoms with Crippen molar-refractivity contribution < 1.29 is 14.0 Å². The van der Waals surface area contributed by atoms with Crippen molar-refractivity contribution in [2.75, 3.05) is 0 Å². The Kier molecular flexibility index (Phi) is 3.37. The van der Waals surface area contributed by atoms with Crippen LogP contribution in [0.3, 0.4) is 0 Å². The second-order valence-electron chi connectivity index (χ2n) is 4.89. The number of fused-ring (bicyclic) bond motifs is 1. The van der Waals surface area contributed by atoms with E-state index in [2.05, 4.69) is 5.16 Å². The molecule has 1 aliphatic carbocycles. The van der Waals surface area contributed by atoms with Crippen LogP contribution in [0, 0.1) is 6.92 Å². The van der Waals surface area contributed by atoms with E-state index in [0.29, 0.717) is 5.56 Å². The molecule has 20 heavy (non-hydrogen) atoms. The Labute approximate surface area is 117 Å². The van der Waals surface area contributed by atoms with Gasteiger partial charge in [-0.2, -0.15) is 0 Å². The number of nitrogens with zero attached hydrogens (tertiary/aromatic N) is 1. The van der Waals surface area contributed by atoms with Gasteiger partial charge in [0.25, 0.3) is 0 Å². The summed E-state index contributed by atoms with van der Waals surface area (Å²) in [6.07, 6.45) is 4.32. The lowest BCUT2D eigenvalue weighted by Gasteiger charge is -2.11. The lowest BCUT2D eigenvalue weighted by Crippen LogP contribution is -2.11. The molecule has 3 rings (SSSR count). The zero-order valence-corrected chi connectivity index (χ0v) is 11.3. The number of carbonyl (C=O) groups excluding carboxylic acids is 1. The Morgan fingerprint density at radius 1 is 1.20 bits per heavy atom. The molecule has 1 aromatic heterocycles. The first-order chi connectivity index (χ1) is 9.74. The zero-order valence-electron chi connectivity index (χ0n) is 11.3. The maximum atomic E-state index is 11.9. The van der Waals surface area contributed by atoms with Gasteiger partial charge >= 0.3 is 5.97 Å². The standard InChI is InChI=1S/C16H15NO3/c1-11-5-7-12(8-6-11)16(18)20-17-14-3-2-4-15-13(14)9-10-19-15/h5-10H,2-4H2,1H3/b17-14+. The molecular formula is C16H15NO3. The van der Waals surface area contributed by atoms with Crippen LogP contribution in [0.5, 0.6) is 0 Å². The highest BCUT2D eigenvalue weighted by molar-refractivity contribution is 6.02. The minimum atomic E-state index is -0.437. The van der Waals surface area contributed by atoms with Crippen molar-refractivity contribution in [3.8, 4) is 0 Å². The van der Waals surface area contributed by atoms with Gasteiger partial charge < -0.3 is 9.25 Å². The molecule has 0 N–H and O–H groups in total. The van der Waals surface area contributed by atoms with Gasteiger partial charge in [-0.3, -0.25) is 0 Å². The van der Waals surface area contributed by atoms with Crippen LogP contribution in [-0.4, -0.2) is 11.7 Å². The average molecular weight is 269 g/mol. The highest BCUT2D eigenvalue weighted by Gasteiger charge is 2.19.